The molecule has 0 aliphatic heterocycles. The summed E-state index contributed by atoms with van der Waals surface area (Å²) in [5, 5.41) is 0. The quantitative estimate of drug-likeness (QED) is 0.100. The van der Waals surface area contributed by atoms with Gasteiger partial charge in [-0.2, -0.15) is 9.13 Å². The van der Waals surface area contributed by atoms with Crippen molar-refractivity contribution in [1.29, 1.82) is 0 Å². The monoisotopic (exact) mass is 814 g/mol. The summed E-state index contributed by atoms with van der Waals surface area (Å²) in [5.41, 5.74) is 5.36. The molecular formula is C49H36O8P2. The van der Waals surface area contributed by atoms with E-state index in [0.29, 0.717) is 23.0 Å². The van der Waals surface area contributed by atoms with Gasteiger partial charge in [0.25, 0.3) is 0 Å². The minimum Gasteiger partial charge on any atom is -0.386 e. The molecule has 0 saturated heterocycles. The van der Waals surface area contributed by atoms with Crippen LogP contribution in [0.1, 0.15) is 22.3 Å². The molecule has 0 N–H and O–H groups in total. The zero-order chi connectivity index (χ0) is 40.1. The predicted molar refractivity (Wildman–Crippen MR) is 228 cm³/mol. The zero-order valence-electron chi connectivity index (χ0n) is 31.4. The summed E-state index contributed by atoms with van der Waals surface area (Å²) in [6.07, 6.45) is 0. The Morgan fingerprint density at radius 3 is 0.797 bits per heavy atom. The molecule has 1 aliphatic carbocycles. The number of phosphoric ester groups is 2. The average molecular weight is 815 g/mol. The molecule has 8 aromatic rings. The summed E-state index contributed by atoms with van der Waals surface area (Å²) in [4.78, 5) is 0. The first-order valence-electron chi connectivity index (χ1n) is 18.9. The SMILES string of the molecule is O=P(Oc1ccccc1)(Oc1ccccc1)Oc1ccc(C2(c3ccc(OP(=O)(Oc4ccccc4)Oc4ccccc4)cc3)c3ccccc3-c3ccccc32)cc1. The van der Waals surface area contributed by atoms with Gasteiger partial charge in [-0.1, -0.05) is 146 Å². The van der Waals surface area contributed by atoms with Gasteiger partial charge in [0.1, 0.15) is 34.5 Å². The third-order valence-electron chi connectivity index (χ3n) is 9.80. The van der Waals surface area contributed by atoms with Gasteiger partial charge in [0, 0.05) is 0 Å². The van der Waals surface area contributed by atoms with Gasteiger partial charge in [-0.05, 0) is 106 Å². The van der Waals surface area contributed by atoms with E-state index in [9.17, 15) is 9.13 Å². The van der Waals surface area contributed by atoms with Gasteiger partial charge >= 0.3 is 15.6 Å². The van der Waals surface area contributed by atoms with Crippen LogP contribution in [-0.2, 0) is 14.5 Å². The van der Waals surface area contributed by atoms with E-state index in [1.54, 1.807) is 121 Å². The van der Waals surface area contributed by atoms with Gasteiger partial charge < -0.3 is 27.1 Å². The predicted octanol–water partition coefficient (Wildman–Crippen LogP) is 13.3. The Morgan fingerprint density at radius 2 is 0.508 bits per heavy atom. The number of rotatable bonds is 14. The number of benzene rings is 8. The van der Waals surface area contributed by atoms with Crippen molar-refractivity contribution in [2.75, 3.05) is 0 Å². The molecule has 0 radical (unpaired) electrons. The molecule has 0 aromatic heterocycles. The van der Waals surface area contributed by atoms with Crippen molar-refractivity contribution in [2.45, 2.75) is 5.41 Å². The molecule has 0 spiro atoms. The Hall–Kier alpha value is -6.98. The second-order valence-corrected chi connectivity index (χ2v) is 16.5. The molecule has 0 amide bonds. The van der Waals surface area contributed by atoms with Crippen molar-refractivity contribution in [3.05, 3.63) is 241 Å². The third kappa shape index (κ3) is 7.84. The van der Waals surface area contributed by atoms with Gasteiger partial charge in [0.15, 0.2) is 0 Å². The number of hydrogen-bond acceptors (Lipinski definition) is 8. The first-order valence-corrected chi connectivity index (χ1v) is 21.8. The van der Waals surface area contributed by atoms with E-state index < -0.39 is 21.1 Å². The molecule has 8 aromatic carbocycles. The van der Waals surface area contributed by atoms with Crippen LogP contribution in [0.4, 0.5) is 0 Å². The molecule has 0 fully saturated rings. The molecular weight excluding hydrogens is 778 g/mol. The largest absolute Gasteiger partial charge is 0.647 e. The molecule has 0 saturated carbocycles. The number of phosphoric acid groups is 2. The molecule has 290 valence electrons. The highest BCUT2D eigenvalue weighted by Gasteiger charge is 2.46. The second kappa shape index (κ2) is 16.1. The molecule has 8 nitrogen and oxygen atoms in total. The van der Waals surface area contributed by atoms with E-state index in [4.69, 9.17) is 27.1 Å². The summed E-state index contributed by atoms with van der Waals surface area (Å²) in [7, 11) is -8.46. The standard InChI is InChI=1S/C49H36O8P2/c50-58(52-39-17-5-1-6-18-39,53-40-19-7-2-8-20-40)56-43-33-29-37(30-34-43)49(47-27-15-13-25-45(47)46-26-14-16-28-48(46)49)38-31-35-44(36-32-38)57-59(51,54-41-21-9-3-10-22-41)55-42-23-11-4-12-24-42/h1-36H. The lowest BCUT2D eigenvalue weighted by Gasteiger charge is -2.34. The van der Waals surface area contributed by atoms with Crippen LogP contribution in [0.3, 0.4) is 0 Å². The van der Waals surface area contributed by atoms with Crippen molar-refractivity contribution >= 4 is 15.6 Å². The van der Waals surface area contributed by atoms with Crippen LogP contribution in [0.15, 0.2) is 218 Å². The van der Waals surface area contributed by atoms with Gasteiger partial charge in [-0.25, -0.2) is 0 Å². The number of hydrogen-bond donors (Lipinski definition) is 0. The molecule has 0 bridgehead atoms. The van der Waals surface area contributed by atoms with Gasteiger partial charge in [-0.3, -0.25) is 0 Å². The Kier molecular flexibility index (Phi) is 10.3. The van der Waals surface area contributed by atoms with Gasteiger partial charge in [-0.15, -0.1) is 0 Å². The average Bonchev–Trinajstić information content (AvgIpc) is 3.56. The van der Waals surface area contributed by atoms with E-state index in [-0.39, 0.29) is 11.5 Å². The van der Waals surface area contributed by atoms with Crippen molar-refractivity contribution in [3.8, 4) is 45.6 Å². The maximum atomic E-state index is 14.3. The number of fused-ring (bicyclic) bond motifs is 3. The molecule has 10 heteroatoms. The van der Waals surface area contributed by atoms with E-state index in [1.165, 1.54) is 0 Å². The van der Waals surface area contributed by atoms with Crippen LogP contribution < -0.4 is 27.1 Å². The third-order valence-corrected chi connectivity index (χ3v) is 12.4. The van der Waals surface area contributed by atoms with Crippen molar-refractivity contribution in [3.63, 3.8) is 0 Å². The fourth-order valence-corrected chi connectivity index (χ4v) is 9.87. The lowest BCUT2D eigenvalue weighted by Crippen LogP contribution is -2.28. The minimum absolute atomic E-state index is 0.287. The van der Waals surface area contributed by atoms with Crippen LogP contribution in [0.5, 0.6) is 34.5 Å². The van der Waals surface area contributed by atoms with Crippen molar-refractivity contribution < 1.29 is 36.3 Å². The summed E-state index contributed by atoms with van der Waals surface area (Å²) < 4.78 is 64.4. The van der Waals surface area contributed by atoms with Gasteiger partial charge in [0.2, 0.25) is 0 Å². The smallest absolute Gasteiger partial charge is 0.386 e. The Labute approximate surface area is 342 Å². The van der Waals surface area contributed by atoms with Crippen LogP contribution >= 0.6 is 15.6 Å². The molecule has 0 unspecified atom stereocenters. The van der Waals surface area contributed by atoms with E-state index in [0.717, 1.165) is 33.4 Å². The highest BCUT2D eigenvalue weighted by atomic mass is 31.2. The molecule has 0 atom stereocenters. The Morgan fingerprint density at radius 1 is 0.271 bits per heavy atom. The lowest BCUT2D eigenvalue weighted by molar-refractivity contribution is 0.296. The van der Waals surface area contributed by atoms with Gasteiger partial charge in [0.05, 0.1) is 5.41 Å². The van der Waals surface area contributed by atoms with Crippen molar-refractivity contribution in [1.82, 2.24) is 0 Å². The minimum atomic E-state index is -4.23. The Balaban J connectivity index is 1.09. The zero-order valence-corrected chi connectivity index (χ0v) is 33.2. The topological polar surface area (TPSA) is 89.5 Å². The normalized spacial score (nSPS) is 12.7. The molecule has 9 rings (SSSR count). The maximum Gasteiger partial charge on any atom is 0.647 e. The summed E-state index contributed by atoms with van der Waals surface area (Å²) in [6, 6.07) is 66.7. The van der Waals surface area contributed by atoms with Crippen molar-refractivity contribution in [2.24, 2.45) is 0 Å². The lowest BCUT2D eigenvalue weighted by atomic mass is 9.68. The summed E-state index contributed by atoms with van der Waals surface area (Å²) in [5.74, 6) is 1.92. The highest BCUT2D eigenvalue weighted by molar-refractivity contribution is 7.50. The fourth-order valence-electron chi connectivity index (χ4n) is 7.37. The van der Waals surface area contributed by atoms with Crippen LogP contribution in [0.25, 0.3) is 11.1 Å². The van der Waals surface area contributed by atoms with Crippen LogP contribution in [-0.4, -0.2) is 0 Å². The molecule has 1 aliphatic rings. The summed E-state index contributed by atoms with van der Waals surface area (Å²) in [6.45, 7) is 0. The summed E-state index contributed by atoms with van der Waals surface area (Å²) >= 11 is 0. The maximum absolute atomic E-state index is 14.3. The van der Waals surface area contributed by atoms with Crippen LogP contribution in [0.2, 0.25) is 0 Å². The van der Waals surface area contributed by atoms with Crippen LogP contribution in [0, 0.1) is 0 Å². The Bertz CT molecular complexity index is 2480. The molecule has 0 heterocycles. The van der Waals surface area contributed by atoms with E-state index >= 15 is 0 Å². The first-order chi connectivity index (χ1) is 28.9. The van der Waals surface area contributed by atoms with E-state index in [1.807, 2.05) is 72.8 Å². The first kappa shape index (κ1) is 37.6. The fraction of sp³-hybridized carbons (Fsp3) is 0.0204. The second-order valence-electron chi connectivity index (χ2n) is 13.6. The van der Waals surface area contributed by atoms with E-state index in [2.05, 4.69) is 24.3 Å². The number of para-hydroxylation sites is 4. The molecule has 59 heavy (non-hydrogen) atoms. The highest BCUT2D eigenvalue weighted by Crippen LogP contribution is 2.57.